The number of methoxy groups -OCH3 is 1. The van der Waals surface area contributed by atoms with Crippen molar-refractivity contribution in [3.05, 3.63) is 59.4 Å². The highest BCUT2D eigenvalue weighted by atomic mass is 127. The van der Waals surface area contributed by atoms with Crippen LogP contribution < -0.4 is 15.0 Å². The van der Waals surface area contributed by atoms with Crippen LogP contribution in [0, 0.1) is 5.82 Å². The van der Waals surface area contributed by atoms with Gasteiger partial charge in [-0.25, -0.2) is 4.39 Å². The van der Waals surface area contributed by atoms with Crippen molar-refractivity contribution in [1.29, 1.82) is 0 Å². The van der Waals surface area contributed by atoms with Crippen LogP contribution in [0.2, 0.25) is 0 Å². The first-order valence-electron chi connectivity index (χ1n) is 9.37. The minimum atomic E-state index is -0.384. The summed E-state index contributed by atoms with van der Waals surface area (Å²) in [5.74, 6) is 1.30. The van der Waals surface area contributed by atoms with E-state index in [4.69, 9.17) is 4.74 Å². The molecule has 0 atom stereocenters. The Morgan fingerprint density at radius 2 is 1.83 bits per heavy atom. The molecule has 0 bridgehead atoms. The average molecular weight is 514 g/mol. The van der Waals surface area contributed by atoms with Gasteiger partial charge in [0.15, 0.2) is 5.96 Å². The van der Waals surface area contributed by atoms with E-state index in [0.29, 0.717) is 12.1 Å². The van der Waals surface area contributed by atoms with E-state index in [1.54, 1.807) is 26.3 Å². The summed E-state index contributed by atoms with van der Waals surface area (Å²) in [5, 5.41) is 12.5. The molecule has 1 fully saturated rings. The lowest BCUT2D eigenvalue weighted by molar-refractivity contribution is 0.275. The molecular formula is C21H28FIN4O2. The molecule has 0 radical (unpaired) electrons. The molecule has 0 aliphatic carbocycles. The second kappa shape index (κ2) is 11.2. The summed E-state index contributed by atoms with van der Waals surface area (Å²) in [6.07, 6.45) is 0. The Kier molecular flexibility index (Phi) is 8.97. The zero-order chi connectivity index (χ0) is 19.9. The minimum absolute atomic E-state index is 0. The maximum absolute atomic E-state index is 13.5. The Morgan fingerprint density at radius 1 is 1.14 bits per heavy atom. The van der Waals surface area contributed by atoms with E-state index in [0.717, 1.165) is 43.5 Å². The van der Waals surface area contributed by atoms with E-state index in [1.165, 1.54) is 11.8 Å². The van der Waals surface area contributed by atoms with E-state index < -0.39 is 0 Å². The van der Waals surface area contributed by atoms with Crippen LogP contribution >= 0.6 is 24.0 Å². The van der Waals surface area contributed by atoms with E-state index >= 15 is 0 Å². The molecule has 1 saturated heterocycles. The number of hydrogen-bond donors (Lipinski definition) is 2. The van der Waals surface area contributed by atoms with Crippen molar-refractivity contribution in [2.45, 2.75) is 13.2 Å². The van der Waals surface area contributed by atoms with Crippen LogP contribution in [-0.2, 0) is 13.2 Å². The maximum atomic E-state index is 13.5. The molecule has 1 aliphatic heterocycles. The van der Waals surface area contributed by atoms with Gasteiger partial charge >= 0.3 is 0 Å². The first kappa shape index (κ1) is 23.2. The van der Waals surface area contributed by atoms with Gasteiger partial charge in [-0.2, -0.15) is 0 Å². The predicted molar refractivity (Wildman–Crippen MR) is 125 cm³/mol. The topological polar surface area (TPSA) is 60.3 Å². The first-order valence-corrected chi connectivity index (χ1v) is 9.37. The number of halogens is 2. The van der Waals surface area contributed by atoms with Gasteiger partial charge in [-0.15, -0.1) is 24.0 Å². The molecule has 2 aromatic rings. The predicted octanol–water partition coefficient (Wildman–Crippen LogP) is 2.84. The lowest BCUT2D eigenvalue weighted by Crippen LogP contribution is -2.52. The second-order valence-electron chi connectivity index (χ2n) is 6.66. The summed E-state index contributed by atoms with van der Waals surface area (Å²) in [4.78, 5) is 8.94. The number of aliphatic hydroxyl groups is 1. The molecule has 0 amide bonds. The second-order valence-corrected chi connectivity index (χ2v) is 6.66. The lowest BCUT2D eigenvalue weighted by atomic mass is 10.1. The molecule has 2 aromatic carbocycles. The third-order valence-corrected chi connectivity index (χ3v) is 4.96. The summed E-state index contributed by atoms with van der Waals surface area (Å²) in [6.45, 7) is 3.74. The molecule has 29 heavy (non-hydrogen) atoms. The fraction of sp³-hybridized carbons (Fsp3) is 0.381. The first-order chi connectivity index (χ1) is 13.6. The number of rotatable bonds is 5. The van der Waals surface area contributed by atoms with Crippen LogP contribution in [0.15, 0.2) is 47.5 Å². The highest BCUT2D eigenvalue weighted by Crippen LogP contribution is 2.20. The number of piperazine rings is 1. The zero-order valence-corrected chi connectivity index (χ0v) is 19.1. The molecule has 1 aliphatic rings. The SMILES string of the molecule is CN=C(NCc1ccc(F)c(CO)c1)N1CCN(c2ccc(OC)cc2)CC1.I. The largest absolute Gasteiger partial charge is 0.497 e. The van der Waals surface area contributed by atoms with Gasteiger partial charge in [0, 0.05) is 51.0 Å². The molecule has 0 aromatic heterocycles. The Balaban J connectivity index is 0.00000300. The highest BCUT2D eigenvalue weighted by molar-refractivity contribution is 14.0. The number of anilines is 1. The van der Waals surface area contributed by atoms with Crippen molar-refractivity contribution in [1.82, 2.24) is 10.2 Å². The Morgan fingerprint density at radius 3 is 2.41 bits per heavy atom. The van der Waals surface area contributed by atoms with Gasteiger partial charge in [-0.05, 0) is 42.0 Å². The van der Waals surface area contributed by atoms with Crippen molar-refractivity contribution < 1.29 is 14.2 Å². The lowest BCUT2D eigenvalue weighted by Gasteiger charge is -2.37. The number of aliphatic imine (C=N–C) groups is 1. The Labute approximate surface area is 188 Å². The van der Waals surface area contributed by atoms with Crippen LogP contribution in [0.1, 0.15) is 11.1 Å². The molecule has 3 rings (SSSR count). The van der Waals surface area contributed by atoms with Crippen molar-refractivity contribution in [2.24, 2.45) is 4.99 Å². The third kappa shape index (κ3) is 5.96. The molecule has 6 nitrogen and oxygen atoms in total. The summed E-state index contributed by atoms with van der Waals surface area (Å²) in [7, 11) is 3.44. The Hall–Kier alpha value is -2.07. The molecule has 158 valence electrons. The normalized spacial score (nSPS) is 14.4. The molecular weight excluding hydrogens is 486 g/mol. The standard InChI is InChI=1S/C21H27FN4O2.HI/c1-23-21(24-14-16-3-8-20(22)17(13-16)15-27)26-11-9-25(10-12-26)18-4-6-19(28-2)7-5-18;/h3-8,13,27H,9-12,14-15H2,1-2H3,(H,23,24);1H. The van der Waals surface area contributed by atoms with Crippen molar-refractivity contribution >= 4 is 35.6 Å². The van der Waals surface area contributed by atoms with E-state index in [9.17, 15) is 9.50 Å². The quantitative estimate of drug-likeness (QED) is 0.365. The average Bonchev–Trinajstić information content (AvgIpc) is 2.75. The van der Waals surface area contributed by atoms with Gasteiger partial charge in [0.1, 0.15) is 11.6 Å². The van der Waals surface area contributed by atoms with Gasteiger partial charge in [-0.1, -0.05) is 6.07 Å². The van der Waals surface area contributed by atoms with Gasteiger partial charge in [-0.3, -0.25) is 4.99 Å². The number of nitrogens with zero attached hydrogens (tertiary/aromatic N) is 3. The zero-order valence-electron chi connectivity index (χ0n) is 16.8. The molecule has 2 N–H and O–H groups in total. The number of hydrogen-bond acceptors (Lipinski definition) is 4. The molecule has 0 unspecified atom stereocenters. The van der Waals surface area contributed by atoms with Crippen LogP contribution in [-0.4, -0.2) is 56.3 Å². The van der Waals surface area contributed by atoms with Crippen LogP contribution in [0.25, 0.3) is 0 Å². The Bertz CT molecular complexity index is 809. The van der Waals surface area contributed by atoms with Gasteiger partial charge in [0.25, 0.3) is 0 Å². The van der Waals surface area contributed by atoms with E-state index in [2.05, 4.69) is 32.2 Å². The van der Waals surface area contributed by atoms with Crippen molar-refractivity contribution in [3.8, 4) is 5.75 Å². The summed E-state index contributed by atoms with van der Waals surface area (Å²) >= 11 is 0. The summed E-state index contributed by atoms with van der Waals surface area (Å²) in [5.41, 5.74) is 2.40. The van der Waals surface area contributed by atoms with Gasteiger partial charge in [0.05, 0.1) is 13.7 Å². The number of benzene rings is 2. The van der Waals surface area contributed by atoms with Crippen LogP contribution in [0.3, 0.4) is 0 Å². The van der Waals surface area contributed by atoms with E-state index in [-0.39, 0.29) is 36.4 Å². The molecule has 0 spiro atoms. The molecule has 8 heteroatoms. The maximum Gasteiger partial charge on any atom is 0.194 e. The smallest absolute Gasteiger partial charge is 0.194 e. The molecule has 1 heterocycles. The summed E-state index contributed by atoms with van der Waals surface area (Å²) < 4.78 is 18.7. The fourth-order valence-corrected chi connectivity index (χ4v) is 3.34. The van der Waals surface area contributed by atoms with Gasteiger partial charge < -0.3 is 25.0 Å². The molecule has 0 saturated carbocycles. The van der Waals surface area contributed by atoms with Crippen molar-refractivity contribution in [2.75, 3.05) is 45.2 Å². The fourth-order valence-electron chi connectivity index (χ4n) is 3.34. The van der Waals surface area contributed by atoms with Crippen molar-refractivity contribution in [3.63, 3.8) is 0 Å². The number of guanidine groups is 1. The monoisotopic (exact) mass is 514 g/mol. The number of ether oxygens (including phenoxy) is 1. The third-order valence-electron chi connectivity index (χ3n) is 4.96. The highest BCUT2D eigenvalue weighted by Gasteiger charge is 2.20. The van der Waals surface area contributed by atoms with Crippen LogP contribution in [0.4, 0.5) is 10.1 Å². The van der Waals surface area contributed by atoms with Gasteiger partial charge in [0.2, 0.25) is 0 Å². The van der Waals surface area contributed by atoms with E-state index in [1.807, 2.05) is 12.1 Å². The number of aliphatic hydroxyl groups excluding tert-OH is 1. The summed E-state index contributed by atoms with van der Waals surface area (Å²) in [6, 6.07) is 12.9. The number of nitrogens with one attached hydrogen (secondary N) is 1. The van der Waals surface area contributed by atoms with Crippen LogP contribution in [0.5, 0.6) is 5.75 Å². The minimum Gasteiger partial charge on any atom is -0.497 e.